The van der Waals surface area contributed by atoms with Crippen LogP contribution in [0.5, 0.6) is 0 Å². The van der Waals surface area contributed by atoms with Gasteiger partial charge in [-0.1, -0.05) is 6.07 Å². The molecule has 3 rings (SSSR count). The molecule has 22 heavy (non-hydrogen) atoms. The first-order chi connectivity index (χ1) is 10.3. The van der Waals surface area contributed by atoms with Gasteiger partial charge in [-0.15, -0.1) is 0 Å². The summed E-state index contributed by atoms with van der Waals surface area (Å²) in [5.41, 5.74) is 2.09. The normalized spacial score (nSPS) is 29.5. The topological polar surface area (TPSA) is 58.6 Å². The molecule has 1 N–H and O–H groups in total. The molecule has 2 aliphatic heterocycles. The van der Waals surface area contributed by atoms with E-state index in [1.165, 1.54) is 0 Å². The highest BCUT2D eigenvalue weighted by molar-refractivity contribution is 7.89. The van der Waals surface area contributed by atoms with E-state index < -0.39 is 10.0 Å². The molecule has 1 aromatic carbocycles. The van der Waals surface area contributed by atoms with Crippen molar-refractivity contribution in [2.75, 3.05) is 19.7 Å². The summed E-state index contributed by atoms with van der Waals surface area (Å²) in [6, 6.07) is 5.58. The Bertz CT molecular complexity index is 659. The van der Waals surface area contributed by atoms with E-state index in [2.05, 4.69) is 16.5 Å². The maximum absolute atomic E-state index is 12.6. The molecule has 0 radical (unpaired) electrons. The first kappa shape index (κ1) is 15.9. The SMILES string of the molecule is Cc1ccc(S(=O)(=O)N[C@H]2C[C@H]3CO[C@H](C)CN3C2)cc1C. The van der Waals surface area contributed by atoms with E-state index in [-0.39, 0.29) is 12.1 Å². The van der Waals surface area contributed by atoms with Crippen LogP contribution in [0.3, 0.4) is 0 Å². The predicted molar refractivity (Wildman–Crippen MR) is 85.4 cm³/mol. The summed E-state index contributed by atoms with van der Waals surface area (Å²) in [5, 5.41) is 0. The van der Waals surface area contributed by atoms with Gasteiger partial charge in [0.05, 0.1) is 17.6 Å². The number of nitrogens with one attached hydrogen (secondary N) is 1. The lowest BCUT2D eigenvalue weighted by Crippen LogP contribution is -2.45. The smallest absolute Gasteiger partial charge is 0.240 e. The lowest BCUT2D eigenvalue weighted by atomic mass is 10.1. The molecule has 2 saturated heterocycles. The van der Waals surface area contributed by atoms with Crippen LogP contribution in [0.15, 0.2) is 23.1 Å². The van der Waals surface area contributed by atoms with Crippen LogP contribution in [-0.4, -0.2) is 51.2 Å². The van der Waals surface area contributed by atoms with Gasteiger partial charge in [0.15, 0.2) is 0 Å². The highest BCUT2D eigenvalue weighted by Crippen LogP contribution is 2.24. The Morgan fingerprint density at radius 3 is 2.73 bits per heavy atom. The van der Waals surface area contributed by atoms with E-state index in [9.17, 15) is 8.42 Å². The molecule has 6 heteroatoms. The van der Waals surface area contributed by atoms with Crippen molar-refractivity contribution >= 4 is 10.0 Å². The van der Waals surface area contributed by atoms with Gasteiger partial charge in [0.1, 0.15) is 0 Å². The minimum absolute atomic E-state index is 0.0366. The van der Waals surface area contributed by atoms with Crippen LogP contribution in [0.25, 0.3) is 0 Å². The zero-order valence-corrected chi connectivity index (χ0v) is 14.2. The van der Waals surface area contributed by atoms with E-state index in [0.29, 0.717) is 17.5 Å². The Kier molecular flexibility index (Phi) is 4.29. The van der Waals surface area contributed by atoms with Gasteiger partial charge in [0, 0.05) is 25.2 Å². The Morgan fingerprint density at radius 2 is 2.00 bits per heavy atom. The molecule has 0 spiro atoms. The molecule has 2 fully saturated rings. The van der Waals surface area contributed by atoms with Crippen LogP contribution in [-0.2, 0) is 14.8 Å². The van der Waals surface area contributed by atoms with Gasteiger partial charge in [0.2, 0.25) is 10.0 Å². The van der Waals surface area contributed by atoms with Gasteiger partial charge in [0.25, 0.3) is 0 Å². The van der Waals surface area contributed by atoms with E-state index >= 15 is 0 Å². The van der Waals surface area contributed by atoms with Crippen molar-refractivity contribution in [3.05, 3.63) is 29.3 Å². The third-order valence-electron chi connectivity index (χ3n) is 4.70. The lowest BCUT2D eigenvalue weighted by molar-refractivity contribution is -0.0390. The molecule has 0 unspecified atom stereocenters. The largest absolute Gasteiger partial charge is 0.376 e. The van der Waals surface area contributed by atoms with Crippen LogP contribution in [0, 0.1) is 13.8 Å². The third kappa shape index (κ3) is 3.20. The van der Waals surface area contributed by atoms with E-state index in [4.69, 9.17) is 4.74 Å². The quantitative estimate of drug-likeness (QED) is 0.914. The minimum atomic E-state index is -3.46. The fraction of sp³-hybridized carbons (Fsp3) is 0.625. The number of aryl methyl sites for hydroxylation is 2. The molecule has 5 nitrogen and oxygen atoms in total. The first-order valence-corrected chi connectivity index (χ1v) is 9.29. The Labute approximate surface area is 132 Å². The van der Waals surface area contributed by atoms with Gasteiger partial charge in [-0.2, -0.15) is 0 Å². The molecular formula is C16H24N2O3S. The zero-order valence-electron chi connectivity index (χ0n) is 13.4. The van der Waals surface area contributed by atoms with Crippen LogP contribution < -0.4 is 4.72 Å². The Balaban J connectivity index is 1.71. The van der Waals surface area contributed by atoms with Crippen molar-refractivity contribution in [2.24, 2.45) is 0 Å². The van der Waals surface area contributed by atoms with Gasteiger partial charge in [-0.3, -0.25) is 4.90 Å². The summed E-state index contributed by atoms with van der Waals surface area (Å²) in [4.78, 5) is 2.69. The standard InChI is InChI=1S/C16H24N2O3S/c1-11-4-5-16(6-12(11)2)22(19,20)17-14-7-15-10-21-13(3)8-18(15)9-14/h4-6,13-15,17H,7-10H2,1-3H3/t13-,14+,15+/m1/s1. The molecule has 2 heterocycles. The van der Waals surface area contributed by atoms with E-state index in [1.54, 1.807) is 12.1 Å². The number of hydrogen-bond acceptors (Lipinski definition) is 4. The lowest BCUT2D eigenvalue weighted by Gasteiger charge is -2.33. The third-order valence-corrected chi connectivity index (χ3v) is 6.22. The second-order valence-corrected chi connectivity index (χ2v) is 8.27. The summed E-state index contributed by atoms with van der Waals surface area (Å²) in [6.45, 7) is 8.32. The van der Waals surface area contributed by atoms with Crippen LogP contribution in [0.4, 0.5) is 0 Å². The number of rotatable bonds is 3. The fourth-order valence-electron chi connectivity index (χ4n) is 3.29. The summed E-state index contributed by atoms with van der Waals surface area (Å²) >= 11 is 0. The van der Waals surface area contributed by atoms with Crippen LogP contribution >= 0.6 is 0 Å². The van der Waals surface area contributed by atoms with Crippen molar-refractivity contribution < 1.29 is 13.2 Å². The summed E-state index contributed by atoms with van der Waals surface area (Å²) in [6.07, 6.45) is 1.04. The summed E-state index contributed by atoms with van der Waals surface area (Å²) < 4.78 is 33.7. The van der Waals surface area contributed by atoms with E-state index in [1.807, 2.05) is 19.9 Å². The number of sulfonamides is 1. The van der Waals surface area contributed by atoms with Crippen molar-refractivity contribution in [1.29, 1.82) is 0 Å². The number of benzene rings is 1. The summed E-state index contributed by atoms with van der Waals surface area (Å²) in [7, 11) is -3.46. The highest BCUT2D eigenvalue weighted by atomic mass is 32.2. The number of morpholine rings is 1. The molecule has 2 aliphatic rings. The number of nitrogens with zero attached hydrogens (tertiary/aromatic N) is 1. The molecule has 1 aromatic rings. The molecular weight excluding hydrogens is 300 g/mol. The van der Waals surface area contributed by atoms with Gasteiger partial charge >= 0.3 is 0 Å². The maximum Gasteiger partial charge on any atom is 0.240 e. The van der Waals surface area contributed by atoms with Crippen molar-refractivity contribution in [2.45, 2.75) is 50.3 Å². The summed E-state index contributed by atoms with van der Waals surface area (Å²) in [5.74, 6) is 0. The predicted octanol–water partition coefficient (Wildman–Crippen LogP) is 1.44. The molecule has 0 saturated carbocycles. The number of ether oxygens (including phenoxy) is 1. The van der Waals surface area contributed by atoms with Gasteiger partial charge in [-0.25, -0.2) is 13.1 Å². The maximum atomic E-state index is 12.6. The Hall–Kier alpha value is -0.950. The zero-order chi connectivity index (χ0) is 15.9. The number of hydrogen-bond donors (Lipinski definition) is 1. The second-order valence-electron chi connectivity index (χ2n) is 6.55. The average molecular weight is 324 g/mol. The molecule has 0 aliphatic carbocycles. The van der Waals surface area contributed by atoms with Crippen molar-refractivity contribution in [3.63, 3.8) is 0 Å². The minimum Gasteiger partial charge on any atom is -0.376 e. The van der Waals surface area contributed by atoms with Crippen molar-refractivity contribution in [3.8, 4) is 0 Å². The molecule has 0 aromatic heterocycles. The highest BCUT2D eigenvalue weighted by Gasteiger charge is 2.37. The van der Waals surface area contributed by atoms with Gasteiger partial charge in [-0.05, 0) is 50.5 Å². The van der Waals surface area contributed by atoms with Crippen molar-refractivity contribution in [1.82, 2.24) is 9.62 Å². The Morgan fingerprint density at radius 1 is 1.23 bits per heavy atom. The number of fused-ring (bicyclic) bond motifs is 1. The molecule has 3 atom stereocenters. The average Bonchev–Trinajstić information content (AvgIpc) is 2.82. The molecule has 122 valence electrons. The monoisotopic (exact) mass is 324 g/mol. The van der Waals surface area contributed by atoms with E-state index in [0.717, 1.165) is 30.6 Å². The first-order valence-electron chi connectivity index (χ1n) is 7.80. The molecule has 0 amide bonds. The fourth-order valence-corrected chi connectivity index (χ4v) is 4.62. The van der Waals surface area contributed by atoms with Crippen LogP contribution in [0.1, 0.15) is 24.5 Å². The van der Waals surface area contributed by atoms with Crippen LogP contribution in [0.2, 0.25) is 0 Å². The molecule has 0 bridgehead atoms. The second kappa shape index (κ2) is 5.92. The van der Waals surface area contributed by atoms with Gasteiger partial charge < -0.3 is 4.74 Å².